The Labute approximate surface area is 96.0 Å². The Hall–Kier alpha value is -1.32. The molecule has 0 unspecified atom stereocenters. The van der Waals surface area contributed by atoms with Crippen LogP contribution in [-0.2, 0) is 11.3 Å². The first-order valence-electron chi connectivity index (χ1n) is 6.10. The minimum absolute atomic E-state index is 0.0906. The van der Waals surface area contributed by atoms with Gasteiger partial charge in [0.1, 0.15) is 0 Å². The molecule has 0 bridgehead atoms. The number of hydrogen-bond acceptors (Lipinski definition) is 2. The monoisotopic (exact) mass is 221 g/mol. The Bertz CT molecular complexity index is 355. The lowest BCUT2D eigenvalue weighted by atomic mass is 10.2. The summed E-state index contributed by atoms with van der Waals surface area (Å²) >= 11 is 0. The Balaban J connectivity index is 1.79. The highest BCUT2D eigenvalue weighted by atomic mass is 16.1. The summed E-state index contributed by atoms with van der Waals surface area (Å²) < 4.78 is 1.92. The van der Waals surface area contributed by atoms with Gasteiger partial charge in [0, 0.05) is 19.2 Å². The van der Waals surface area contributed by atoms with Crippen molar-refractivity contribution in [3.05, 3.63) is 12.4 Å². The number of amides is 1. The van der Waals surface area contributed by atoms with Gasteiger partial charge in [0.2, 0.25) is 5.91 Å². The molecule has 2 rings (SSSR count). The third-order valence-corrected chi connectivity index (χ3v) is 2.82. The SMILES string of the molecule is CCCCC(=O)Nc1cnn(CC2CC2)c1. The maximum absolute atomic E-state index is 11.5. The van der Waals surface area contributed by atoms with Crippen molar-refractivity contribution in [2.45, 2.75) is 45.6 Å². The van der Waals surface area contributed by atoms with Crippen LogP contribution in [0.4, 0.5) is 5.69 Å². The fourth-order valence-corrected chi connectivity index (χ4v) is 1.65. The van der Waals surface area contributed by atoms with Gasteiger partial charge >= 0.3 is 0 Å². The van der Waals surface area contributed by atoms with Crippen LogP contribution in [0.5, 0.6) is 0 Å². The highest BCUT2D eigenvalue weighted by molar-refractivity contribution is 5.90. The molecule has 1 aliphatic rings. The van der Waals surface area contributed by atoms with E-state index in [1.807, 2.05) is 10.9 Å². The van der Waals surface area contributed by atoms with Crippen LogP contribution >= 0.6 is 0 Å². The van der Waals surface area contributed by atoms with Gasteiger partial charge in [-0.1, -0.05) is 13.3 Å². The van der Waals surface area contributed by atoms with Crippen molar-refractivity contribution in [1.29, 1.82) is 0 Å². The van der Waals surface area contributed by atoms with Gasteiger partial charge < -0.3 is 5.32 Å². The average Bonchev–Trinajstić information content (AvgIpc) is 2.96. The van der Waals surface area contributed by atoms with Crippen molar-refractivity contribution in [2.24, 2.45) is 5.92 Å². The van der Waals surface area contributed by atoms with Gasteiger partial charge in [-0.2, -0.15) is 5.10 Å². The molecule has 1 aliphatic carbocycles. The number of hydrogen-bond donors (Lipinski definition) is 1. The van der Waals surface area contributed by atoms with Crippen LogP contribution in [0.3, 0.4) is 0 Å². The number of nitrogens with zero attached hydrogens (tertiary/aromatic N) is 2. The highest BCUT2D eigenvalue weighted by Gasteiger charge is 2.21. The highest BCUT2D eigenvalue weighted by Crippen LogP contribution is 2.30. The first kappa shape index (κ1) is 11.2. The third kappa shape index (κ3) is 3.36. The van der Waals surface area contributed by atoms with Gasteiger partial charge in [0.05, 0.1) is 11.9 Å². The average molecular weight is 221 g/mol. The molecule has 1 saturated carbocycles. The molecule has 1 fully saturated rings. The second kappa shape index (κ2) is 5.14. The molecule has 0 aromatic carbocycles. The van der Waals surface area contributed by atoms with Crippen molar-refractivity contribution in [3.8, 4) is 0 Å². The molecule has 88 valence electrons. The molecule has 0 atom stereocenters. The van der Waals surface area contributed by atoms with E-state index in [9.17, 15) is 4.79 Å². The molecule has 0 aliphatic heterocycles. The minimum Gasteiger partial charge on any atom is -0.323 e. The molecular weight excluding hydrogens is 202 g/mol. The zero-order valence-electron chi connectivity index (χ0n) is 9.78. The van der Waals surface area contributed by atoms with E-state index >= 15 is 0 Å². The Morgan fingerprint density at radius 1 is 1.62 bits per heavy atom. The van der Waals surface area contributed by atoms with Gasteiger partial charge in [-0.25, -0.2) is 0 Å². The lowest BCUT2D eigenvalue weighted by Crippen LogP contribution is -2.10. The van der Waals surface area contributed by atoms with Gasteiger partial charge in [-0.05, 0) is 25.2 Å². The number of carbonyl (C=O) groups excluding carboxylic acids is 1. The topological polar surface area (TPSA) is 46.9 Å². The summed E-state index contributed by atoms with van der Waals surface area (Å²) in [5, 5.41) is 7.10. The van der Waals surface area contributed by atoms with Crippen LogP contribution in [0.2, 0.25) is 0 Å². The van der Waals surface area contributed by atoms with Crippen LogP contribution in [0.1, 0.15) is 39.0 Å². The quantitative estimate of drug-likeness (QED) is 0.802. The smallest absolute Gasteiger partial charge is 0.224 e. The fourth-order valence-electron chi connectivity index (χ4n) is 1.65. The number of rotatable bonds is 6. The van der Waals surface area contributed by atoms with Crippen LogP contribution in [0.15, 0.2) is 12.4 Å². The molecule has 1 aromatic heterocycles. The Morgan fingerprint density at radius 2 is 2.44 bits per heavy atom. The van der Waals surface area contributed by atoms with E-state index < -0.39 is 0 Å². The molecule has 16 heavy (non-hydrogen) atoms. The van der Waals surface area contributed by atoms with Crippen LogP contribution < -0.4 is 5.32 Å². The molecule has 0 saturated heterocycles. The Kier molecular flexibility index (Phi) is 3.59. The van der Waals surface area contributed by atoms with Gasteiger partial charge in [0.25, 0.3) is 0 Å². The van der Waals surface area contributed by atoms with Gasteiger partial charge in [0.15, 0.2) is 0 Å². The van der Waals surface area contributed by atoms with E-state index in [2.05, 4.69) is 17.3 Å². The van der Waals surface area contributed by atoms with E-state index in [1.54, 1.807) is 6.20 Å². The number of nitrogens with one attached hydrogen (secondary N) is 1. The van der Waals surface area contributed by atoms with E-state index in [4.69, 9.17) is 0 Å². The van der Waals surface area contributed by atoms with E-state index in [1.165, 1.54) is 12.8 Å². The van der Waals surface area contributed by atoms with E-state index in [-0.39, 0.29) is 5.91 Å². The van der Waals surface area contributed by atoms with Crippen molar-refractivity contribution < 1.29 is 4.79 Å². The summed E-state index contributed by atoms with van der Waals surface area (Å²) in [6, 6.07) is 0. The van der Waals surface area contributed by atoms with Crippen molar-refractivity contribution in [1.82, 2.24) is 9.78 Å². The van der Waals surface area contributed by atoms with Crippen LogP contribution in [0.25, 0.3) is 0 Å². The molecule has 1 amide bonds. The maximum Gasteiger partial charge on any atom is 0.224 e. The first-order chi connectivity index (χ1) is 7.78. The predicted octanol–water partition coefficient (Wildman–Crippen LogP) is 2.42. The summed E-state index contributed by atoms with van der Waals surface area (Å²) in [6.45, 7) is 3.08. The van der Waals surface area contributed by atoms with Crippen LogP contribution in [-0.4, -0.2) is 15.7 Å². The molecule has 1 N–H and O–H groups in total. The third-order valence-electron chi connectivity index (χ3n) is 2.82. The Morgan fingerprint density at radius 3 is 3.12 bits per heavy atom. The first-order valence-corrected chi connectivity index (χ1v) is 6.10. The number of anilines is 1. The predicted molar refractivity (Wildman–Crippen MR) is 63.1 cm³/mol. The number of aromatic nitrogens is 2. The minimum atomic E-state index is 0.0906. The largest absolute Gasteiger partial charge is 0.323 e. The number of unbranched alkanes of at least 4 members (excludes halogenated alkanes) is 1. The molecular formula is C12H19N3O. The summed E-state index contributed by atoms with van der Waals surface area (Å²) in [5.41, 5.74) is 0.821. The molecule has 4 heteroatoms. The summed E-state index contributed by atoms with van der Waals surface area (Å²) in [6.07, 6.45) is 8.88. The molecule has 1 heterocycles. The second-order valence-electron chi connectivity index (χ2n) is 4.55. The zero-order chi connectivity index (χ0) is 11.4. The zero-order valence-corrected chi connectivity index (χ0v) is 9.78. The second-order valence-corrected chi connectivity index (χ2v) is 4.55. The van der Waals surface area contributed by atoms with E-state index in [0.717, 1.165) is 31.0 Å². The summed E-state index contributed by atoms with van der Waals surface area (Å²) in [5.74, 6) is 0.899. The number of carbonyl (C=O) groups is 1. The van der Waals surface area contributed by atoms with Crippen LogP contribution in [0, 0.1) is 5.92 Å². The summed E-state index contributed by atoms with van der Waals surface area (Å²) in [4.78, 5) is 11.5. The molecule has 4 nitrogen and oxygen atoms in total. The lowest BCUT2D eigenvalue weighted by Gasteiger charge is -2.00. The molecule has 1 aromatic rings. The van der Waals surface area contributed by atoms with Gasteiger partial charge in [-0.3, -0.25) is 9.48 Å². The lowest BCUT2D eigenvalue weighted by molar-refractivity contribution is -0.116. The molecule has 0 radical (unpaired) electrons. The van der Waals surface area contributed by atoms with Gasteiger partial charge in [-0.15, -0.1) is 0 Å². The van der Waals surface area contributed by atoms with Crippen molar-refractivity contribution in [2.75, 3.05) is 5.32 Å². The van der Waals surface area contributed by atoms with Crippen molar-refractivity contribution in [3.63, 3.8) is 0 Å². The summed E-state index contributed by atoms with van der Waals surface area (Å²) in [7, 11) is 0. The van der Waals surface area contributed by atoms with Crippen molar-refractivity contribution >= 4 is 11.6 Å². The standard InChI is InChI=1S/C12H19N3O/c1-2-3-4-12(16)14-11-7-13-15(9-11)8-10-5-6-10/h7,9-10H,2-6,8H2,1H3,(H,14,16). The molecule has 0 spiro atoms. The van der Waals surface area contributed by atoms with E-state index in [0.29, 0.717) is 6.42 Å². The fraction of sp³-hybridized carbons (Fsp3) is 0.667. The normalized spacial score (nSPS) is 15.1. The maximum atomic E-state index is 11.5.